The first-order valence-electron chi connectivity index (χ1n) is 9.46. The number of fused-ring (bicyclic) bond motifs is 1. The highest BCUT2D eigenvalue weighted by molar-refractivity contribution is 5.95. The molecule has 7 nitrogen and oxygen atoms in total. The molecule has 0 saturated carbocycles. The molecule has 3 heterocycles. The summed E-state index contributed by atoms with van der Waals surface area (Å²) < 4.78 is 13.0. The van der Waals surface area contributed by atoms with Crippen LogP contribution in [0, 0.1) is 0 Å². The largest absolute Gasteiger partial charge is 0.454 e. The molecule has 0 spiro atoms. The number of likely N-dealkylation sites (tertiary alicyclic amines) is 1. The maximum atomic E-state index is 13.0. The minimum absolute atomic E-state index is 0.0457. The number of carbonyl (C=O) groups excluding carboxylic acids is 1. The van der Waals surface area contributed by atoms with E-state index >= 15 is 0 Å². The molecule has 0 unspecified atom stereocenters. The van der Waals surface area contributed by atoms with Crippen molar-refractivity contribution in [2.24, 2.45) is 0 Å². The average Bonchev–Trinajstić information content (AvgIpc) is 3.34. The number of carbonyl (C=O) groups is 1. The summed E-state index contributed by atoms with van der Waals surface area (Å²) in [6.45, 7) is 3.58. The maximum absolute atomic E-state index is 13.0. The van der Waals surface area contributed by atoms with Crippen molar-refractivity contribution in [1.29, 1.82) is 0 Å². The molecule has 1 amide bonds. The molecule has 144 valence electrons. The summed E-state index contributed by atoms with van der Waals surface area (Å²) in [6.07, 6.45) is 5.95. The second-order valence-corrected chi connectivity index (χ2v) is 7.44. The minimum atomic E-state index is 0.0457. The first kappa shape index (κ1) is 17.9. The summed E-state index contributed by atoms with van der Waals surface area (Å²) >= 11 is 0. The molecular weight excluding hydrogens is 344 g/mol. The van der Waals surface area contributed by atoms with Gasteiger partial charge in [-0.3, -0.25) is 4.79 Å². The zero-order valence-corrected chi connectivity index (χ0v) is 15.9. The highest BCUT2D eigenvalue weighted by atomic mass is 16.7. The van der Waals surface area contributed by atoms with E-state index in [2.05, 4.69) is 28.5 Å². The summed E-state index contributed by atoms with van der Waals surface area (Å²) in [7, 11) is 4.14. The number of imidazole rings is 1. The fourth-order valence-corrected chi connectivity index (χ4v) is 3.76. The molecule has 2 aliphatic heterocycles. The molecule has 1 fully saturated rings. The third-order valence-corrected chi connectivity index (χ3v) is 5.23. The Hall–Kier alpha value is -2.54. The summed E-state index contributed by atoms with van der Waals surface area (Å²) in [5, 5.41) is 0. The van der Waals surface area contributed by atoms with E-state index in [1.165, 1.54) is 0 Å². The third-order valence-electron chi connectivity index (χ3n) is 5.23. The Labute approximate surface area is 159 Å². The maximum Gasteiger partial charge on any atom is 0.254 e. The first-order chi connectivity index (χ1) is 13.1. The number of aromatic nitrogens is 2. The van der Waals surface area contributed by atoms with Gasteiger partial charge in [0, 0.05) is 50.1 Å². The van der Waals surface area contributed by atoms with E-state index in [1.807, 2.05) is 29.4 Å². The highest BCUT2D eigenvalue weighted by Gasteiger charge is 2.28. The van der Waals surface area contributed by atoms with Crippen molar-refractivity contribution >= 4 is 5.91 Å². The smallest absolute Gasteiger partial charge is 0.254 e. The van der Waals surface area contributed by atoms with Gasteiger partial charge in [0.2, 0.25) is 6.79 Å². The Morgan fingerprint density at radius 1 is 1.30 bits per heavy atom. The van der Waals surface area contributed by atoms with E-state index in [0.717, 1.165) is 38.3 Å². The number of hydrogen-bond donors (Lipinski definition) is 0. The molecule has 4 rings (SSSR count). The molecule has 27 heavy (non-hydrogen) atoms. The van der Waals surface area contributed by atoms with Crippen LogP contribution in [0.5, 0.6) is 11.5 Å². The molecule has 0 aliphatic carbocycles. The van der Waals surface area contributed by atoms with E-state index in [1.54, 1.807) is 6.07 Å². The second-order valence-electron chi connectivity index (χ2n) is 7.44. The van der Waals surface area contributed by atoms with E-state index in [9.17, 15) is 4.79 Å². The standard InChI is InChI=1S/C20H26N4O3/c1-22(2)10-11-23-9-7-21-19(23)16-4-3-8-24(13-16)20(25)15-5-6-17-18(12-15)27-14-26-17/h5-7,9,12,16H,3-4,8,10-11,13-14H2,1-2H3/t16-/m1/s1. The van der Waals surface area contributed by atoms with Crippen molar-refractivity contribution in [2.75, 3.05) is 40.5 Å². The van der Waals surface area contributed by atoms with Gasteiger partial charge in [-0.25, -0.2) is 4.98 Å². The fourth-order valence-electron chi connectivity index (χ4n) is 3.76. The normalized spacial score (nSPS) is 18.9. The van der Waals surface area contributed by atoms with Crippen LogP contribution >= 0.6 is 0 Å². The predicted molar refractivity (Wildman–Crippen MR) is 101 cm³/mol. The van der Waals surface area contributed by atoms with Crippen molar-refractivity contribution in [3.63, 3.8) is 0 Å². The topological polar surface area (TPSA) is 59.8 Å². The van der Waals surface area contributed by atoms with Crippen LogP contribution in [-0.4, -0.2) is 65.8 Å². The molecular formula is C20H26N4O3. The van der Waals surface area contributed by atoms with Gasteiger partial charge < -0.3 is 23.8 Å². The van der Waals surface area contributed by atoms with E-state index in [4.69, 9.17) is 9.47 Å². The van der Waals surface area contributed by atoms with Gasteiger partial charge in [-0.1, -0.05) is 0 Å². The van der Waals surface area contributed by atoms with Crippen LogP contribution in [0.25, 0.3) is 0 Å². The molecule has 7 heteroatoms. The number of benzene rings is 1. The third kappa shape index (κ3) is 3.78. The minimum Gasteiger partial charge on any atom is -0.454 e. The molecule has 1 saturated heterocycles. The average molecular weight is 370 g/mol. The van der Waals surface area contributed by atoms with Gasteiger partial charge >= 0.3 is 0 Å². The molecule has 1 aromatic carbocycles. The molecule has 2 aliphatic rings. The van der Waals surface area contributed by atoms with Crippen LogP contribution in [-0.2, 0) is 6.54 Å². The summed E-state index contributed by atoms with van der Waals surface area (Å²) in [5.41, 5.74) is 0.649. The molecule has 0 bridgehead atoms. The van der Waals surface area contributed by atoms with Crippen LogP contribution < -0.4 is 9.47 Å². The molecule has 0 radical (unpaired) electrons. The number of amides is 1. The zero-order valence-electron chi connectivity index (χ0n) is 15.9. The van der Waals surface area contributed by atoms with E-state index in [-0.39, 0.29) is 18.6 Å². The molecule has 1 aromatic heterocycles. The molecule has 2 aromatic rings. The van der Waals surface area contributed by atoms with Gasteiger partial charge in [0.05, 0.1) is 0 Å². The lowest BCUT2D eigenvalue weighted by molar-refractivity contribution is 0.0702. The summed E-state index contributed by atoms with van der Waals surface area (Å²) in [5.74, 6) is 2.75. The van der Waals surface area contributed by atoms with Crippen molar-refractivity contribution in [2.45, 2.75) is 25.3 Å². The summed E-state index contributed by atoms with van der Waals surface area (Å²) in [6, 6.07) is 5.41. The highest BCUT2D eigenvalue weighted by Crippen LogP contribution is 2.33. The lowest BCUT2D eigenvalue weighted by Crippen LogP contribution is -2.39. The van der Waals surface area contributed by atoms with Crippen molar-refractivity contribution in [3.8, 4) is 11.5 Å². The van der Waals surface area contributed by atoms with E-state index in [0.29, 0.717) is 23.6 Å². The van der Waals surface area contributed by atoms with Crippen LogP contribution in [0.15, 0.2) is 30.6 Å². The number of piperidine rings is 1. The fraction of sp³-hybridized carbons (Fsp3) is 0.500. The van der Waals surface area contributed by atoms with Crippen LogP contribution in [0.2, 0.25) is 0 Å². The van der Waals surface area contributed by atoms with Crippen LogP contribution in [0.1, 0.15) is 34.9 Å². The van der Waals surface area contributed by atoms with Gasteiger partial charge in [0.15, 0.2) is 11.5 Å². The Kier molecular flexibility index (Phi) is 5.03. The lowest BCUT2D eigenvalue weighted by atomic mass is 9.96. The number of rotatable bonds is 5. The van der Waals surface area contributed by atoms with Gasteiger partial charge in [0.25, 0.3) is 5.91 Å². The zero-order chi connectivity index (χ0) is 18.8. The number of ether oxygens (including phenoxy) is 2. The second kappa shape index (κ2) is 7.60. The lowest BCUT2D eigenvalue weighted by Gasteiger charge is -2.33. The number of likely N-dealkylation sites (N-methyl/N-ethyl adjacent to an activating group) is 1. The number of nitrogens with zero attached hydrogens (tertiary/aromatic N) is 4. The van der Waals surface area contributed by atoms with Gasteiger partial charge in [-0.15, -0.1) is 0 Å². The van der Waals surface area contributed by atoms with Gasteiger partial charge in [0.1, 0.15) is 5.82 Å². The predicted octanol–water partition coefficient (Wildman–Crippen LogP) is 2.19. The van der Waals surface area contributed by atoms with Crippen molar-refractivity contribution < 1.29 is 14.3 Å². The Balaban J connectivity index is 1.47. The first-order valence-corrected chi connectivity index (χ1v) is 9.46. The monoisotopic (exact) mass is 370 g/mol. The van der Waals surface area contributed by atoms with Gasteiger partial charge in [-0.05, 0) is 45.1 Å². The molecule has 1 atom stereocenters. The quantitative estimate of drug-likeness (QED) is 0.808. The van der Waals surface area contributed by atoms with E-state index < -0.39 is 0 Å². The van der Waals surface area contributed by atoms with Gasteiger partial charge in [-0.2, -0.15) is 0 Å². The Morgan fingerprint density at radius 2 is 2.15 bits per heavy atom. The van der Waals surface area contributed by atoms with Crippen molar-refractivity contribution in [1.82, 2.24) is 19.4 Å². The SMILES string of the molecule is CN(C)CCn1ccnc1[C@@H]1CCCN(C(=O)c2ccc3c(c2)OCO3)C1. The summed E-state index contributed by atoms with van der Waals surface area (Å²) in [4.78, 5) is 21.7. The Morgan fingerprint density at radius 3 is 3.00 bits per heavy atom. The van der Waals surface area contributed by atoms with Crippen LogP contribution in [0.3, 0.4) is 0 Å². The Bertz CT molecular complexity index is 817. The van der Waals surface area contributed by atoms with Crippen LogP contribution in [0.4, 0.5) is 0 Å². The van der Waals surface area contributed by atoms with Crippen molar-refractivity contribution in [3.05, 3.63) is 42.0 Å². The number of hydrogen-bond acceptors (Lipinski definition) is 5. The molecule has 0 N–H and O–H groups in total.